The van der Waals surface area contributed by atoms with Crippen LogP contribution < -0.4 is 0 Å². The van der Waals surface area contributed by atoms with Gasteiger partial charge in [-0.25, -0.2) is 0 Å². The largest absolute Gasteiger partial charge is 0.377 e. The number of ether oxygens (including phenoxy) is 1. The lowest BCUT2D eigenvalue weighted by atomic mass is 9.97. The van der Waals surface area contributed by atoms with E-state index in [9.17, 15) is 0 Å². The van der Waals surface area contributed by atoms with Crippen molar-refractivity contribution in [2.45, 2.75) is 88.1 Å². The summed E-state index contributed by atoms with van der Waals surface area (Å²) < 4.78 is 7.02. The van der Waals surface area contributed by atoms with Crippen LogP contribution in [-0.4, -0.2) is 16.6 Å². The third-order valence-corrected chi connectivity index (χ3v) is 5.64. The third-order valence-electron chi connectivity index (χ3n) is 4.21. The van der Waals surface area contributed by atoms with Crippen LogP contribution in [0.2, 0.25) is 0 Å². The van der Waals surface area contributed by atoms with Crippen LogP contribution in [-0.2, 0) is 4.74 Å². The molecule has 1 rings (SSSR count). The maximum Gasteiger partial charge on any atom is 0.0692 e. The Bertz CT molecular complexity index is 196. The van der Waals surface area contributed by atoms with Gasteiger partial charge in [-0.3, -0.25) is 0 Å². The summed E-state index contributed by atoms with van der Waals surface area (Å²) in [5, 5.41) is 0. The van der Waals surface area contributed by atoms with Gasteiger partial charge in [0.25, 0.3) is 0 Å². The Morgan fingerprint density at radius 2 is 1.83 bits per heavy atom. The summed E-state index contributed by atoms with van der Waals surface area (Å²) in [6, 6.07) is 0. The van der Waals surface area contributed by atoms with E-state index < -0.39 is 0 Å². The molecule has 0 aliphatic heterocycles. The predicted octanol–water partition coefficient (Wildman–Crippen LogP) is 5.75. The zero-order chi connectivity index (χ0) is 13.2. The molecule has 0 amide bonds. The van der Waals surface area contributed by atoms with E-state index in [0.717, 1.165) is 16.4 Å². The van der Waals surface area contributed by atoms with Crippen molar-refractivity contribution in [3.05, 3.63) is 0 Å². The first-order chi connectivity index (χ1) is 8.77. The molecule has 0 spiro atoms. The predicted molar refractivity (Wildman–Crippen MR) is 88.6 cm³/mol. The van der Waals surface area contributed by atoms with Gasteiger partial charge >= 0.3 is 0 Å². The van der Waals surface area contributed by atoms with E-state index in [1.165, 1.54) is 64.2 Å². The van der Waals surface area contributed by atoms with Crippen LogP contribution in [0.4, 0.5) is 0 Å². The lowest BCUT2D eigenvalue weighted by molar-refractivity contribution is 0.0176. The molecule has 3 unspecified atom stereocenters. The molecule has 0 aromatic heterocycles. The van der Waals surface area contributed by atoms with E-state index >= 15 is 0 Å². The Kier molecular flexibility index (Phi) is 9.74. The SMILES string of the molecule is CCCCC(CC)COC1CCCCCCC1I. The molecule has 0 heterocycles. The van der Waals surface area contributed by atoms with Crippen LogP contribution in [0, 0.1) is 5.92 Å². The van der Waals surface area contributed by atoms with Gasteiger partial charge in [-0.05, 0) is 25.2 Å². The van der Waals surface area contributed by atoms with Crippen LogP contribution >= 0.6 is 22.6 Å². The average Bonchev–Trinajstić information content (AvgIpc) is 2.37. The Morgan fingerprint density at radius 3 is 2.50 bits per heavy atom. The van der Waals surface area contributed by atoms with Crippen molar-refractivity contribution in [1.82, 2.24) is 0 Å². The van der Waals surface area contributed by atoms with Gasteiger partial charge in [0.2, 0.25) is 0 Å². The summed E-state index contributed by atoms with van der Waals surface area (Å²) in [6.07, 6.45) is 14.1. The number of hydrogen-bond acceptors (Lipinski definition) is 1. The smallest absolute Gasteiger partial charge is 0.0692 e. The molecule has 1 aliphatic carbocycles. The minimum absolute atomic E-state index is 0.529. The molecule has 18 heavy (non-hydrogen) atoms. The summed E-state index contributed by atoms with van der Waals surface area (Å²) in [5.41, 5.74) is 0. The van der Waals surface area contributed by atoms with Gasteiger partial charge in [0, 0.05) is 10.5 Å². The van der Waals surface area contributed by atoms with Crippen molar-refractivity contribution in [1.29, 1.82) is 0 Å². The lowest BCUT2D eigenvalue weighted by Crippen LogP contribution is -2.28. The van der Waals surface area contributed by atoms with E-state index in [2.05, 4.69) is 36.4 Å². The van der Waals surface area contributed by atoms with Gasteiger partial charge in [0.05, 0.1) is 6.10 Å². The average molecular weight is 366 g/mol. The van der Waals surface area contributed by atoms with Crippen LogP contribution in [0.25, 0.3) is 0 Å². The van der Waals surface area contributed by atoms with Crippen LogP contribution in [0.5, 0.6) is 0 Å². The highest BCUT2D eigenvalue weighted by Gasteiger charge is 2.21. The second-order valence-corrected chi connectivity index (χ2v) is 7.40. The minimum Gasteiger partial charge on any atom is -0.377 e. The molecule has 0 saturated heterocycles. The molecular formula is C16H31IO. The molecule has 1 aliphatic rings. The molecule has 0 radical (unpaired) electrons. The van der Waals surface area contributed by atoms with Crippen LogP contribution in [0.1, 0.15) is 78.1 Å². The Labute approximate surface area is 128 Å². The van der Waals surface area contributed by atoms with E-state index in [1.807, 2.05) is 0 Å². The van der Waals surface area contributed by atoms with Crippen LogP contribution in [0.3, 0.4) is 0 Å². The van der Waals surface area contributed by atoms with Crippen molar-refractivity contribution in [2.75, 3.05) is 6.61 Å². The monoisotopic (exact) mass is 366 g/mol. The minimum atomic E-state index is 0.529. The fourth-order valence-electron chi connectivity index (χ4n) is 2.75. The summed E-state index contributed by atoms with van der Waals surface area (Å²) in [7, 11) is 0. The molecule has 0 N–H and O–H groups in total. The fourth-order valence-corrected chi connectivity index (χ4v) is 3.76. The van der Waals surface area contributed by atoms with Crippen molar-refractivity contribution >= 4 is 22.6 Å². The number of alkyl halides is 1. The molecule has 1 saturated carbocycles. The first-order valence-electron chi connectivity index (χ1n) is 8.03. The standard InChI is InChI=1S/C16H31IO/c1-3-5-10-14(4-2)13-18-16-12-9-7-6-8-11-15(16)17/h14-16H,3-13H2,1-2H3. The van der Waals surface area contributed by atoms with Gasteiger partial charge in [0.1, 0.15) is 0 Å². The first kappa shape index (κ1) is 16.7. The third kappa shape index (κ3) is 6.74. The van der Waals surface area contributed by atoms with Gasteiger partial charge in [0.15, 0.2) is 0 Å². The molecule has 0 bridgehead atoms. The topological polar surface area (TPSA) is 9.23 Å². The highest BCUT2D eigenvalue weighted by molar-refractivity contribution is 14.1. The van der Waals surface area contributed by atoms with Crippen LogP contribution in [0.15, 0.2) is 0 Å². The van der Waals surface area contributed by atoms with Gasteiger partial charge in [-0.15, -0.1) is 0 Å². The second-order valence-electron chi connectivity index (χ2n) is 5.80. The number of halogens is 1. The molecule has 0 aromatic carbocycles. The Morgan fingerprint density at radius 1 is 1.11 bits per heavy atom. The van der Waals surface area contributed by atoms with Crippen molar-refractivity contribution in [2.24, 2.45) is 5.92 Å². The second kappa shape index (κ2) is 10.5. The van der Waals surface area contributed by atoms with Crippen molar-refractivity contribution in [3.63, 3.8) is 0 Å². The van der Waals surface area contributed by atoms with Gasteiger partial charge in [-0.2, -0.15) is 0 Å². The molecule has 108 valence electrons. The van der Waals surface area contributed by atoms with Crippen molar-refractivity contribution < 1.29 is 4.74 Å². The highest BCUT2D eigenvalue weighted by Crippen LogP contribution is 2.26. The summed E-state index contributed by atoms with van der Waals surface area (Å²) in [4.78, 5) is 0. The van der Waals surface area contributed by atoms with E-state index in [-0.39, 0.29) is 0 Å². The molecule has 1 nitrogen and oxygen atoms in total. The molecule has 1 fully saturated rings. The summed E-state index contributed by atoms with van der Waals surface area (Å²) in [6.45, 7) is 5.59. The Balaban J connectivity index is 2.28. The Hall–Kier alpha value is 0.690. The summed E-state index contributed by atoms with van der Waals surface area (Å²) in [5.74, 6) is 0.791. The molecule has 0 aromatic rings. The van der Waals surface area contributed by atoms with E-state index in [1.54, 1.807) is 0 Å². The normalized spacial score (nSPS) is 27.5. The maximum atomic E-state index is 6.27. The number of rotatable bonds is 7. The van der Waals surface area contributed by atoms with Gasteiger partial charge in [-0.1, -0.05) is 81.4 Å². The summed E-state index contributed by atoms with van der Waals surface area (Å²) >= 11 is 2.62. The zero-order valence-corrected chi connectivity index (χ0v) is 14.5. The number of hydrogen-bond donors (Lipinski definition) is 0. The highest BCUT2D eigenvalue weighted by atomic mass is 127. The van der Waals surface area contributed by atoms with Crippen molar-refractivity contribution in [3.8, 4) is 0 Å². The molecule has 2 heteroatoms. The first-order valence-corrected chi connectivity index (χ1v) is 9.28. The fraction of sp³-hybridized carbons (Fsp3) is 1.00. The van der Waals surface area contributed by atoms with Gasteiger partial charge < -0.3 is 4.74 Å². The zero-order valence-electron chi connectivity index (χ0n) is 12.3. The van der Waals surface area contributed by atoms with E-state index in [4.69, 9.17) is 4.74 Å². The molecular weight excluding hydrogens is 335 g/mol. The molecule has 3 atom stereocenters. The number of unbranched alkanes of at least 4 members (excludes halogenated alkanes) is 1. The lowest BCUT2D eigenvalue weighted by Gasteiger charge is -2.27. The van der Waals surface area contributed by atoms with E-state index in [0.29, 0.717) is 6.10 Å². The quantitative estimate of drug-likeness (QED) is 0.412. The maximum absolute atomic E-state index is 6.27.